The molecular weight excluding hydrogens is 352 g/mol. The van der Waals surface area contributed by atoms with E-state index in [0.717, 1.165) is 35.2 Å². The molecule has 3 rings (SSSR count). The van der Waals surface area contributed by atoms with E-state index in [1.807, 2.05) is 17.7 Å². The summed E-state index contributed by atoms with van der Waals surface area (Å²) in [6.07, 6.45) is 8.28. The molecule has 1 aromatic carbocycles. The largest absolute Gasteiger partial charge is 0.360 e. The first-order chi connectivity index (χ1) is 12.4. The number of aromatic nitrogens is 1. The molecule has 0 spiro atoms. The summed E-state index contributed by atoms with van der Waals surface area (Å²) in [5, 5.41) is 4.17. The predicted molar refractivity (Wildman–Crippen MR) is 98.6 cm³/mol. The second-order valence-corrected chi connectivity index (χ2v) is 7.69. The Balaban J connectivity index is 1.95. The van der Waals surface area contributed by atoms with Crippen molar-refractivity contribution in [2.45, 2.75) is 38.0 Å². The van der Waals surface area contributed by atoms with Gasteiger partial charge in [-0.05, 0) is 37.5 Å². The van der Waals surface area contributed by atoms with Crippen LogP contribution in [0.5, 0.6) is 0 Å². The third-order valence-electron chi connectivity index (χ3n) is 4.15. The smallest absolute Gasteiger partial charge is 0.264 e. The van der Waals surface area contributed by atoms with Crippen LogP contribution < -0.4 is 4.72 Å². The Bertz CT molecular complexity index is 983. The number of benzene rings is 1. The van der Waals surface area contributed by atoms with E-state index in [-0.39, 0.29) is 11.3 Å². The van der Waals surface area contributed by atoms with Gasteiger partial charge in [-0.25, -0.2) is 13.1 Å². The number of amides is 1. The average molecular weight is 372 g/mol. The number of hydrogen-bond acceptors (Lipinski definition) is 5. The van der Waals surface area contributed by atoms with Gasteiger partial charge in [0.15, 0.2) is 0 Å². The number of aryl methyl sites for hydroxylation is 1. The summed E-state index contributed by atoms with van der Waals surface area (Å²) in [6, 6.07) is 6.34. The van der Waals surface area contributed by atoms with E-state index in [9.17, 15) is 13.2 Å². The highest BCUT2D eigenvalue weighted by atomic mass is 32.2. The van der Waals surface area contributed by atoms with E-state index >= 15 is 0 Å². The summed E-state index contributed by atoms with van der Waals surface area (Å²) in [5.74, 6) is 0.122. The number of sulfonamides is 1. The Morgan fingerprint density at radius 1 is 1.23 bits per heavy atom. The normalized spacial score (nSPS) is 14.2. The van der Waals surface area contributed by atoms with Crippen molar-refractivity contribution in [2.75, 3.05) is 0 Å². The minimum atomic E-state index is -3.86. The van der Waals surface area contributed by atoms with Gasteiger partial charge in [0.05, 0.1) is 10.5 Å². The Labute approximate surface area is 152 Å². The van der Waals surface area contributed by atoms with Crippen LogP contribution in [0.2, 0.25) is 0 Å². The van der Waals surface area contributed by atoms with E-state index in [4.69, 9.17) is 4.52 Å². The van der Waals surface area contributed by atoms with Gasteiger partial charge in [0.2, 0.25) is 5.91 Å². The van der Waals surface area contributed by atoms with Gasteiger partial charge in [-0.15, -0.1) is 0 Å². The van der Waals surface area contributed by atoms with Crippen LogP contribution in [0, 0.1) is 6.92 Å². The summed E-state index contributed by atoms with van der Waals surface area (Å²) in [5.41, 5.74) is 3.38. The molecule has 0 saturated heterocycles. The van der Waals surface area contributed by atoms with Crippen molar-refractivity contribution < 1.29 is 17.7 Å². The molecule has 1 aliphatic rings. The lowest BCUT2D eigenvalue weighted by atomic mass is 9.96. The number of hydrogen-bond donors (Lipinski definition) is 1. The minimum absolute atomic E-state index is 0.0375. The molecule has 0 saturated carbocycles. The Morgan fingerprint density at radius 2 is 1.96 bits per heavy atom. The van der Waals surface area contributed by atoms with Crippen molar-refractivity contribution in [3.63, 3.8) is 0 Å². The fourth-order valence-corrected chi connectivity index (χ4v) is 3.84. The molecule has 0 aliphatic heterocycles. The molecule has 1 N–H and O–H groups in total. The first-order valence-electron chi connectivity index (χ1n) is 8.42. The van der Waals surface area contributed by atoms with Gasteiger partial charge < -0.3 is 4.52 Å². The van der Waals surface area contributed by atoms with Crippen LogP contribution in [-0.2, 0) is 14.8 Å². The highest BCUT2D eigenvalue weighted by Crippen LogP contribution is 2.34. The van der Waals surface area contributed by atoms with Crippen LogP contribution in [0.1, 0.15) is 37.6 Å². The van der Waals surface area contributed by atoms with Crippen molar-refractivity contribution in [1.82, 2.24) is 9.88 Å². The van der Waals surface area contributed by atoms with Gasteiger partial charge in [-0.3, -0.25) is 4.79 Å². The van der Waals surface area contributed by atoms with Crippen molar-refractivity contribution in [1.29, 1.82) is 0 Å². The molecule has 0 atom stereocenters. The van der Waals surface area contributed by atoms with Gasteiger partial charge in [0.25, 0.3) is 10.0 Å². The van der Waals surface area contributed by atoms with Gasteiger partial charge in [0.1, 0.15) is 11.5 Å². The van der Waals surface area contributed by atoms with Crippen LogP contribution in [0.15, 0.2) is 51.9 Å². The number of nitrogens with one attached hydrogen (secondary N) is 1. The molecule has 6 nitrogen and oxygen atoms in total. The van der Waals surface area contributed by atoms with Crippen LogP contribution in [0.4, 0.5) is 0 Å². The van der Waals surface area contributed by atoms with Crippen molar-refractivity contribution in [3.8, 4) is 11.1 Å². The first kappa shape index (κ1) is 18.1. The standard InChI is InChI=1S/C19H20N2O4S/c1-3-17(22)21-26(23,24)16-11-9-14(10-12-16)18-13(2)25-20-19(18)15-7-5-4-6-8-15/h5,7-12H,3-4,6H2,1-2H3,(H,21,22). The molecule has 0 fully saturated rings. The highest BCUT2D eigenvalue weighted by molar-refractivity contribution is 7.90. The van der Waals surface area contributed by atoms with Gasteiger partial charge in [-0.2, -0.15) is 0 Å². The number of carbonyl (C=O) groups is 1. The number of carbonyl (C=O) groups excluding carboxylic acids is 1. The Hall–Kier alpha value is -2.67. The second kappa shape index (κ2) is 7.29. The maximum atomic E-state index is 12.2. The lowest BCUT2D eigenvalue weighted by molar-refractivity contribution is -0.119. The SMILES string of the molecule is CCC(=O)NS(=O)(=O)c1ccc(-c2c(C3=CCCC=C3)noc2C)cc1. The summed E-state index contributed by atoms with van der Waals surface area (Å²) in [7, 11) is -3.86. The van der Waals surface area contributed by atoms with Crippen molar-refractivity contribution in [3.05, 3.63) is 53.9 Å². The molecule has 7 heteroatoms. The monoisotopic (exact) mass is 372 g/mol. The van der Waals surface area contributed by atoms with E-state index in [1.54, 1.807) is 19.1 Å². The second-order valence-electron chi connectivity index (χ2n) is 6.01. The maximum Gasteiger partial charge on any atom is 0.264 e. The highest BCUT2D eigenvalue weighted by Gasteiger charge is 2.20. The predicted octanol–water partition coefficient (Wildman–Crippen LogP) is 3.60. The van der Waals surface area contributed by atoms with E-state index in [0.29, 0.717) is 5.76 Å². The molecule has 2 aromatic rings. The fourth-order valence-electron chi connectivity index (χ4n) is 2.78. The molecular formula is C19H20N2O4S. The zero-order chi connectivity index (χ0) is 18.7. The molecule has 0 bridgehead atoms. The molecule has 1 aliphatic carbocycles. The molecule has 26 heavy (non-hydrogen) atoms. The van der Waals surface area contributed by atoms with E-state index in [1.165, 1.54) is 12.1 Å². The van der Waals surface area contributed by atoms with Gasteiger partial charge in [0, 0.05) is 12.0 Å². The minimum Gasteiger partial charge on any atom is -0.360 e. The number of nitrogens with zero attached hydrogens (tertiary/aromatic N) is 1. The lowest BCUT2D eigenvalue weighted by Gasteiger charge is -2.09. The quantitative estimate of drug-likeness (QED) is 0.866. The Kier molecular flexibility index (Phi) is 5.08. The first-order valence-corrected chi connectivity index (χ1v) is 9.90. The maximum absolute atomic E-state index is 12.2. The summed E-state index contributed by atoms with van der Waals surface area (Å²) >= 11 is 0. The molecule has 1 aromatic heterocycles. The molecule has 0 unspecified atom stereocenters. The van der Waals surface area contributed by atoms with Crippen LogP contribution >= 0.6 is 0 Å². The lowest BCUT2D eigenvalue weighted by Crippen LogP contribution is -2.29. The third kappa shape index (κ3) is 3.62. The van der Waals surface area contributed by atoms with Gasteiger partial charge >= 0.3 is 0 Å². The molecule has 136 valence electrons. The molecule has 0 radical (unpaired) electrons. The number of rotatable bonds is 5. The summed E-state index contributed by atoms with van der Waals surface area (Å²) in [6.45, 7) is 3.42. The van der Waals surface area contributed by atoms with Gasteiger partial charge in [-0.1, -0.05) is 42.4 Å². The van der Waals surface area contributed by atoms with E-state index in [2.05, 4.69) is 17.3 Å². The van der Waals surface area contributed by atoms with Crippen molar-refractivity contribution in [2.24, 2.45) is 0 Å². The fraction of sp³-hybridized carbons (Fsp3) is 0.263. The van der Waals surface area contributed by atoms with Crippen LogP contribution in [-0.4, -0.2) is 19.5 Å². The summed E-state index contributed by atoms with van der Waals surface area (Å²) < 4.78 is 31.8. The topological polar surface area (TPSA) is 89.3 Å². The summed E-state index contributed by atoms with van der Waals surface area (Å²) in [4.78, 5) is 11.4. The average Bonchev–Trinajstić information content (AvgIpc) is 3.03. The zero-order valence-corrected chi connectivity index (χ0v) is 15.5. The van der Waals surface area contributed by atoms with Crippen LogP contribution in [0.25, 0.3) is 16.7 Å². The molecule has 1 heterocycles. The van der Waals surface area contributed by atoms with E-state index < -0.39 is 15.9 Å². The molecule has 1 amide bonds. The third-order valence-corrected chi connectivity index (χ3v) is 5.54. The Morgan fingerprint density at radius 3 is 2.58 bits per heavy atom. The zero-order valence-electron chi connectivity index (χ0n) is 14.7. The number of allylic oxidation sites excluding steroid dienone is 4. The van der Waals surface area contributed by atoms with Crippen LogP contribution in [0.3, 0.4) is 0 Å². The van der Waals surface area contributed by atoms with Crippen molar-refractivity contribution >= 4 is 21.5 Å².